The number of benzene rings is 1. The number of guanidine groups is 1. The lowest BCUT2D eigenvalue weighted by Crippen LogP contribution is -2.44. The van der Waals surface area contributed by atoms with Crippen LogP contribution < -0.4 is 16.0 Å². The van der Waals surface area contributed by atoms with Gasteiger partial charge in [-0.25, -0.2) is 4.99 Å². The van der Waals surface area contributed by atoms with Gasteiger partial charge in [-0.05, 0) is 57.0 Å². The second-order valence-corrected chi connectivity index (χ2v) is 6.83. The molecule has 1 aromatic carbocycles. The summed E-state index contributed by atoms with van der Waals surface area (Å²) >= 11 is 0. The summed E-state index contributed by atoms with van der Waals surface area (Å²) in [5.41, 5.74) is 0.716. The molecule has 0 aliphatic heterocycles. The van der Waals surface area contributed by atoms with Gasteiger partial charge < -0.3 is 25.5 Å². The summed E-state index contributed by atoms with van der Waals surface area (Å²) in [5.74, 6) is 1.45. The van der Waals surface area contributed by atoms with Crippen LogP contribution in [-0.4, -0.2) is 36.6 Å². The van der Waals surface area contributed by atoms with Gasteiger partial charge in [-0.2, -0.15) is 0 Å². The minimum atomic E-state index is -1.20. The van der Waals surface area contributed by atoms with Crippen LogP contribution in [0.25, 0.3) is 0 Å². The fourth-order valence-corrected chi connectivity index (χ4v) is 2.63. The van der Waals surface area contributed by atoms with Gasteiger partial charge in [-0.1, -0.05) is 19.1 Å². The molecule has 7 nitrogen and oxygen atoms in total. The van der Waals surface area contributed by atoms with E-state index in [0.717, 1.165) is 23.4 Å². The number of nitrogens with one attached hydrogen (secondary N) is 3. The summed E-state index contributed by atoms with van der Waals surface area (Å²) in [6, 6.07) is 11.3. The average molecular weight is 514 g/mol. The van der Waals surface area contributed by atoms with Crippen LogP contribution in [0.1, 0.15) is 37.9 Å². The second kappa shape index (κ2) is 11.8. The van der Waals surface area contributed by atoms with Crippen LogP contribution in [-0.2, 0) is 16.8 Å². The molecule has 160 valence electrons. The van der Waals surface area contributed by atoms with E-state index in [2.05, 4.69) is 27.9 Å². The fraction of sp³-hybridized carbons (Fsp3) is 0.429. The summed E-state index contributed by atoms with van der Waals surface area (Å²) in [6.45, 7) is 8.27. The third kappa shape index (κ3) is 8.06. The largest absolute Gasteiger partial charge is 0.463 e. The van der Waals surface area contributed by atoms with Crippen LogP contribution in [0.4, 0.5) is 5.69 Å². The molecule has 0 saturated heterocycles. The molecule has 2 rings (SSSR count). The quantitative estimate of drug-likeness (QED) is 0.247. The number of hydrogen-bond acceptors (Lipinski definition) is 4. The number of carbonyl (C=O) groups is 1. The van der Waals surface area contributed by atoms with Gasteiger partial charge in [0.1, 0.15) is 23.7 Å². The summed E-state index contributed by atoms with van der Waals surface area (Å²) < 4.78 is 5.51. The van der Waals surface area contributed by atoms with Crippen molar-refractivity contribution in [1.82, 2.24) is 10.6 Å². The molecule has 1 aromatic heterocycles. The van der Waals surface area contributed by atoms with Gasteiger partial charge in [0.15, 0.2) is 5.96 Å². The SMILES string of the molecule is CCNC(=NCC(=O)Nc1cccc(CC)c1)NCC(C)(O)c1ccc(C)o1.I. The van der Waals surface area contributed by atoms with Gasteiger partial charge in [0, 0.05) is 12.2 Å². The fourth-order valence-electron chi connectivity index (χ4n) is 2.63. The molecule has 1 atom stereocenters. The predicted molar refractivity (Wildman–Crippen MR) is 127 cm³/mol. The summed E-state index contributed by atoms with van der Waals surface area (Å²) in [6.07, 6.45) is 0.908. The topological polar surface area (TPSA) is 98.9 Å². The lowest BCUT2D eigenvalue weighted by molar-refractivity contribution is -0.114. The normalized spacial score (nSPS) is 13.2. The van der Waals surface area contributed by atoms with Crippen molar-refractivity contribution >= 4 is 41.5 Å². The number of halogens is 1. The minimum Gasteiger partial charge on any atom is -0.463 e. The highest BCUT2D eigenvalue weighted by molar-refractivity contribution is 14.0. The smallest absolute Gasteiger partial charge is 0.246 e. The number of aliphatic imine (C=N–C) groups is 1. The molecular weight excluding hydrogens is 483 g/mol. The Morgan fingerprint density at radius 3 is 2.59 bits per heavy atom. The van der Waals surface area contributed by atoms with E-state index in [4.69, 9.17) is 4.42 Å². The maximum absolute atomic E-state index is 12.2. The Hall–Kier alpha value is -2.07. The van der Waals surface area contributed by atoms with E-state index in [9.17, 15) is 9.90 Å². The van der Waals surface area contributed by atoms with Crippen LogP contribution in [0.2, 0.25) is 0 Å². The summed E-state index contributed by atoms with van der Waals surface area (Å²) in [4.78, 5) is 16.5. The van der Waals surface area contributed by atoms with Gasteiger partial charge in [0.05, 0.1) is 6.54 Å². The zero-order valence-corrected chi connectivity index (χ0v) is 19.7. The molecule has 0 fully saturated rings. The van der Waals surface area contributed by atoms with Gasteiger partial charge in [0.2, 0.25) is 5.91 Å². The van der Waals surface area contributed by atoms with Crippen molar-refractivity contribution in [3.8, 4) is 0 Å². The lowest BCUT2D eigenvalue weighted by Gasteiger charge is -2.22. The molecule has 1 amide bonds. The molecule has 1 heterocycles. The summed E-state index contributed by atoms with van der Waals surface area (Å²) in [7, 11) is 0. The highest BCUT2D eigenvalue weighted by Gasteiger charge is 2.27. The van der Waals surface area contributed by atoms with E-state index in [0.29, 0.717) is 18.3 Å². The third-order valence-electron chi connectivity index (χ3n) is 4.22. The molecule has 2 aromatic rings. The molecule has 0 spiro atoms. The van der Waals surface area contributed by atoms with Crippen molar-refractivity contribution in [1.29, 1.82) is 0 Å². The zero-order valence-electron chi connectivity index (χ0n) is 17.4. The number of furan rings is 1. The molecule has 0 saturated carbocycles. The third-order valence-corrected chi connectivity index (χ3v) is 4.22. The number of amides is 1. The number of nitrogens with zero attached hydrogens (tertiary/aromatic N) is 1. The van der Waals surface area contributed by atoms with Crippen LogP contribution in [0.15, 0.2) is 45.8 Å². The van der Waals surface area contributed by atoms with E-state index in [1.807, 2.05) is 38.1 Å². The van der Waals surface area contributed by atoms with Crippen molar-refractivity contribution < 1.29 is 14.3 Å². The first kappa shape index (κ1) is 25.0. The standard InChI is InChI=1S/C21H30N4O3.HI/c1-5-16-8-7-9-17(12-16)25-19(26)13-23-20(22-6-2)24-14-21(4,27)18-11-10-15(3)28-18;/h7-12,27H,5-6,13-14H2,1-4H3,(H,25,26)(H2,22,23,24);1H. The Balaban J connectivity index is 0.00000420. The monoisotopic (exact) mass is 514 g/mol. The van der Waals surface area contributed by atoms with Gasteiger partial charge in [-0.3, -0.25) is 4.79 Å². The Morgan fingerprint density at radius 2 is 1.97 bits per heavy atom. The van der Waals surface area contributed by atoms with Crippen LogP contribution >= 0.6 is 24.0 Å². The van der Waals surface area contributed by atoms with Gasteiger partial charge in [-0.15, -0.1) is 24.0 Å². The molecular formula is C21H31IN4O3. The zero-order chi connectivity index (χ0) is 20.6. The van der Waals surface area contributed by atoms with Crippen molar-refractivity contribution in [2.24, 2.45) is 4.99 Å². The first-order valence-corrected chi connectivity index (χ1v) is 9.54. The van der Waals surface area contributed by atoms with Crippen LogP contribution in [0.3, 0.4) is 0 Å². The van der Waals surface area contributed by atoms with Crippen molar-refractivity contribution in [2.45, 2.75) is 39.7 Å². The Morgan fingerprint density at radius 1 is 1.21 bits per heavy atom. The lowest BCUT2D eigenvalue weighted by atomic mass is 10.0. The van der Waals surface area contributed by atoms with Crippen molar-refractivity contribution in [3.05, 3.63) is 53.5 Å². The molecule has 8 heteroatoms. The second-order valence-electron chi connectivity index (χ2n) is 6.83. The van der Waals surface area contributed by atoms with Crippen molar-refractivity contribution in [2.75, 3.05) is 25.0 Å². The van der Waals surface area contributed by atoms with Gasteiger partial charge >= 0.3 is 0 Å². The van der Waals surface area contributed by atoms with Crippen molar-refractivity contribution in [3.63, 3.8) is 0 Å². The highest BCUT2D eigenvalue weighted by Crippen LogP contribution is 2.21. The Kier molecular flexibility index (Phi) is 10.2. The molecule has 4 N–H and O–H groups in total. The number of anilines is 1. The Bertz CT molecular complexity index is 818. The molecule has 29 heavy (non-hydrogen) atoms. The minimum absolute atomic E-state index is 0. The summed E-state index contributed by atoms with van der Waals surface area (Å²) in [5, 5.41) is 19.6. The molecule has 1 unspecified atom stereocenters. The predicted octanol–water partition coefficient (Wildman–Crippen LogP) is 3.17. The van der Waals surface area contributed by atoms with Crippen LogP contribution in [0.5, 0.6) is 0 Å². The number of carbonyl (C=O) groups excluding carboxylic acids is 1. The van der Waals surface area contributed by atoms with E-state index in [1.54, 1.807) is 19.1 Å². The highest BCUT2D eigenvalue weighted by atomic mass is 127. The van der Waals surface area contributed by atoms with E-state index < -0.39 is 5.60 Å². The maximum atomic E-state index is 12.2. The average Bonchev–Trinajstić information content (AvgIpc) is 3.11. The van der Waals surface area contributed by atoms with E-state index in [1.165, 1.54) is 0 Å². The van der Waals surface area contributed by atoms with E-state index >= 15 is 0 Å². The molecule has 0 aliphatic rings. The van der Waals surface area contributed by atoms with Gasteiger partial charge in [0.25, 0.3) is 0 Å². The molecule has 0 aliphatic carbocycles. The molecule has 0 bridgehead atoms. The first-order chi connectivity index (χ1) is 13.3. The number of hydrogen-bond donors (Lipinski definition) is 4. The number of aliphatic hydroxyl groups is 1. The van der Waals surface area contributed by atoms with E-state index in [-0.39, 0.29) is 43.0 Å². The van der Waals surface area contributed by atoms with Crippen LogP contribution in [0, 0.1) is 6.92 Å². The Labute approximate surface area is 189 Å². The number of aryl methyl sites for hydroxylation is 2. The first-order valence-electron chi connectivity index (χ1n) is 9.54. The number of rotatable bonds is 8. The molecule has 0 radical (unpaired) electrons. The maximum Gasteiger partial charge on any atom is 0.246 e.